The number of aromatic nitrogens is 1. The number of pyridine rings is 1. The van der Waals surface area contributed by atoms with E-state index in [1.807, 2.05) is 39.8 Å². The van der Waals surface area contributed by atoms with E-state index in [1.54, 1.807) is 20.4 Å². The maximum absolute atomic E-state index is 6.02. The van der Waals surface area contributed by atoms with Crippen molar-refractivity contribution in [1.29, 1.82) is 0 Å². The molecule has 2 heterocycles. The van der Waals surface area contributed by atoms with Crippen molar-refractivity contribution in [2.75, 3.05) is 14.2 Å². The first-order valence-corrected chi connectivity index (χ1v) is 6.68. The first-order valence-electron chi connectivity index (χ1n) is 6.68. The Balaban J connectivity index is 2.25. The van der Waals surface area contributed by atoms with Gasteiger partial charge in [-0.15, -0.1) is 0 Å². The summed E-state index contributed by atoms with van der Waals surface area (Å²) in [7, 11) is 2.75. The van der Waals surface area contributed by atoms with E-state index in [4.69, 9.17) is 18.8 Å². The van der Waals surface area contributed by atoms with Crippen LogP contribution in [0.5, 0.6) is 0 Å². The summed E-state index contributed by atoms with van der Waals surface area (Å²) in [4.78, 5) is 4.26. The standard InChI is InChI=1S/C14H22BNO4/c1-13(2)14(3,4)20-15(19-13)10-7-8-16-11(9-10)12(17-5)18-6/h7-9,12H,1-6H3. The molecule has 110 valence electrons. The van der Waals surface area contributed by atoms with Crippen LogP contribution in [0.3, 0.4) is 0 Å². The van der Waals surface area contributed by atoms with Gasteiger partial charge < -0.3 is 18.8 Å². The Bertz CT molecular complexity index is 458. The van der Waals surface area contributed by atoms with E-state index in [0.717, 1.165) is 5.46 Å². The minimum atomic E-state index is -0.489. The molecule has 1 aromatic rings. The summed E-state index contributed by atoms with van der Waals surface area (Å²) in [5.74, 6) is 0. The van der Waals surface area contributed by atoms with Crippen molar-refractivity contribution in [1.82, 2.24) is 4.98 Å². The quantitative estimate of drug-likeness (QED) is 0.620. The minimum Gasteiger partial charge on any atom is -0.399 e. The molecule has 0 amide bonds. The smallest absolute Gasteiger partial charge is 0.399 e. The lowest BCUT2D eigenvalue weighted by atomic mass is 9.79. The molecule has 20 heavy (non-hydrogen) atoms. The summed E-state index contributed by atoms with van der Waals surface area (Å²) in [5, 5.41) is 0. The monoisotopic (exact) mass is 279 g/mol. The van der Waals surface area contributed by atoms with Crippen LogP contribution in [0.1, 0.15) is 39.7 Å². The molecular formula is C14H22BNO4. The summed E-state index contributed by atoms with van der Waals surface area (Å²) in [6.07, 6.45) is 1.22. The largest absolute Gasteiger partial charge is 0.494 e. The zero-order chi connectivity index (χ0) is 15.0. The van der Waals surface area contributed by atoms with Gasteiger partial charge in [-0.25, -0.2) is 0 Å². The van der Waals surface area contributed by atoms with Gasteiger partial charge in [0.15, 0.2) is 0 Å². The van der Waals surface area contributed by atoms with Gasteiger partial charge in [0, 0.05) is 20.4 Å². The zero-order valence-corrected chi connectivity index (χ0v) is 13.0. The predicted octanol–water partition coefficient (Wildman–Crippen LogP) is 1.67. The highest BCUT2D eigenvalue weighted by atomic mass is 16.7. The fraction of sp³-hybridized carbons (Fsp3) is 0.643. The van der Waals surface area contributed by atoms with E-state index in [0.29, 0.717) is 5.69 Å². The zero-order valence-electron chi connectivity index (χ0n) is 13.0. The lowest BCUT2D eigenvalue weighted by molar-refractivity contribution is -0.108. The molecule has 1 aromatic heterocycles. The fourth-order valence-corrected chi connectivity index (χ4v) is 2.06. The van der Waals surface area contributed by atoms with Crippen LogP contribution in [-0.4, -0.2) is 37.5 Å². The van der Waals surface area contributed by atoms with Crippen LogP contribution >= 0.6 is 0 Å². The van der Waals surface area contributed by atoms with Crippen LogP contribution in [0, 0.1) is 0 Å². The van der Waals surface area contributed by atoms with Crippen molar-refractivity contribution in [3.63, 3.8) is 0 Å². The van der Waals surface area contributed by atoms with E-state index in [9.17, 15) is 0 Å². The number of rotatable bonds is 4. The molecule has 0 atom stereocenters. The van der Waals surface area contributed by atoms with Crippen molar-refractivity contribution in [2.24, 2.45) is 0 Å². The summed E-state index contributed by atoms with van der Waals surface area (Å²) in [5.41, 5.74) is 0.890. The molecule has 0 aromatic carbocycles. The van der Waals surface area contributed by atoms with Crippen LogP contribution < -0.4 is 5.46 Å². The Morgan fingerprint density at radius 2 is 1.65 bits per heavy atom. The molecule has 0 spiro atoms. The molecular weight excluding hydrogens is 257 g/mol. The second-order valence-electron chi connectivity index (χ2n) is 5.91. The predicted molar refractivity (Wildman–Crippen MR) is 76.7 cm³/mol. The highest BCUT2D eigenvalue weighted by Crippen LogP contribution is 2.36. The van der Waals surface area contributed by atoms with Gasteiger partial charge in [-0.05, 0) is 45.3 Å². The first-order chi connectivity index (χ1) is 9.30. The Morgan fingerprint density at radius 1 is 1.10 bits per heavy atom. The number of nitrogens with zero attached hydrogens (tertiary/aromatic N) is 1. The Hall–Kier alpha value is -0.945. The fourth-order valence-electron chi connectivity index (χ4n) is 2.06. The summed E-state index contributed by atoms with van der Waals surface area (Å²) < 4.78 is 22.5. The van der Waals surface area contributed by atoms with Crippen molar-refractivity contribution in [3.8, 4) is 0 Å². The third-order valence-electron chi connectivity index (χ3n) is 4.00. The van der Waals surface area contributed by atoms with Crippen molar-refractivity contribution in [2.45, 2.75) is 45.2 Å². The number of hydrogen-bond acceptors (Lipinski definition) is 5. The SMILES string of the molecule is COC(OC)c1cc(B2OC(C)(C)C(C)(C)O2)ccn1. The highest BCUT2D eigenvalue weighted by molar-refractivity contribution is 6.62. The number of hydrogen-bond donors (Lipinski definition) is 0. The second-order valence-corrected chi connectivity index (χ2v) is 5.91. The van der Waals surface area contributed by atoms with E-state index in [-0.39, 0.29) is 11.2 Å². The van der Waals surface area contributed by atoms with Crippen LogP contribution in [0.2, 0.25) is 0 Å². The average molecular weight is 279 g/mol. The Morgan fingerprint density at radius 3 is 2.15 bits per heavy atom. The molecule has 1 saturated heterocycles. The normalized spacial score (nSPS) is 20.6. The first kappa shape index (κ1) is 15.4. The van der Waals surface area contributed by atoms with Gasteiger partial charge in [0.2, 0.25) is 6.29 Å². The maximum Gasteiger partial charge on any atom is 0.494 e. The second kappa shape index (κ2) is 5.45. The third-order valence-corrected chi connectivity index (χ3v) is 4.00. The van der Waals surface area contributed by atoms with Crippen LogP contribution in [0.25, 0.3) is 0 Å². The summed E-state index contributed by atoms with van der Waals surface area (Å²) in [6.45, 7) is 8.12. The molecule has 1 aliphatic heterocycles. The molecule has 0 radical (unpaired) electrons. The minimum absolute atomic E-state index is 0.358. The van der Waals surface area contributed by atoms with Gasteiger partial charge >= 0.3 is 7.12 Å². The van der Waals surface area contributed by atoms with Crippen molar-refractivity contribution >= 4 is 12.6 Å². The van der Waals surface area contributed by atoms with Crippen LogP contribution in [0.15, 0.2) is 18.3 Å². The van der Waals surface area contributed by atoms with Gasteiger partial charge in [-0.3, -0.25) is 4.98 Å². The lowest BCUT2D eigenvalue weighted by Gasteiger charge is -2.32. The Kier molecular flexibility index (Phi) is 4.20. The molecule has 0 unspecified atom stereocenters. The molecule has 2 rings (SSSR count). The molecule has 0 aliphatic carbocycles. The molecule has 6 heteroatoms. The van der Waals surface area contributed by atoms with Gasteiger partial charge in [0.25, 0.3) is 0 Å². The van der Waals surface area contributed by atoms with Gasteiger partial charge in [-0.2, -0.15) is 0 Å². The van der Waals surface area contributed by atoms with Gasteiger partial charge in [-0.1, -0.05) is 0 Å². The number of ether oxygens (including phenoxy) is 2. The number of methoxy groups -OCH3 is 2. The summed E-state index contributed by atoms with van der Waals surface area (Å²) >= 11 is 0. The average Bonchev–Trinajstić information content (AvgIpc) is 2.60. The molecule has 5 nitrogen and oxygen atoms in total. The third kappa shape index (κ3) is 2.74. The topological polar surface area (TPSA) is 49.8 Å². The lowest BCUT2D eigenvalue weighted by Crippen LogP contribution is -2.41. The van der Waals surface area contributed by atoms with Crippen molar-refractivity contribution < 1.29 is 18.8 Å². The van der Waals surface area contributed by atoms with Crippen molar-refractivity contribution in [3.05, 3.63) is 24.0 Å². The molecule has 1 fully saturated rings. The van der Waals surface area contributed by atoms with E-state index >= 15 is 0 Å². The van der Waals surface area contributed by atoms with E-state index in [2.05, 4.69) is 4.98 Å². The van der Waals surface area contributed by atoms with Gasteiger partial charge in [0.05, 0.1) is 16.9 Å². The van der Waals surface area contributed by atoms with E-state index < -0.39 is 13.4 Å². The molecule has 0 N–H and O–H groups in total. The summed E-state index contributed by atoms with van der Waals surface area (Å²) in [6, 6.07) is 3.77. The van der Waals surface area contributed by atoms with Crippen LogP contribution in [0.4, 0.5) is 0 Å². The maximum atomic E-state index is 6.02. The molecule has 0 saturated carbocycles. The molecule has 0 bridgehead atoms. The highest BCUT2D eigenvalue weighted by Gasteiger charge is 2.51. The Labute approximate surface area is 120 Å². The molecule has 1 aliphatic rings. The van der Waals surface area contributed by atoms with E-state index in [1.165, 1.54) is 0 Å². The van der Waals surface area contributed by atoms with Gasteiger partial charge in [0.1, 0.15) is 0 Å². The van der Waals surface area contributed by atoms with Crippen LogP contribution in [-0.2, 0) is 18.8 Å².